The Morgan fingerprint density at radius 3 is 2.88 bits per heavy atom. The van der Waals surface area contributed by atoms with Gasteiger partial charge in [0.15, 0.2) is 5.16 Å². The van der Waals surface area contributed by atoms with Gasteiger partial charge >= 0.3 is 0 Å². The molecule has 0 saturated heterocycles. The molecule has 2 aromatic rings. The van der Waals surface area contributed by atoms with Crippen LogP contribution >= 0.6 is 23.4 Å². The summed E-state index contributed by atoms with van der Waals surface area (Å²) >= 11 is 7.64. The maximum absolute atomic E-state index is 12.4. The third-order valence-electron chi connectivity index (χ3n) is 3.63. The van der Waals surface area contributed by atoms with E-state index in [2.05, 4.69) is 11.6 Å². The zero-order valence-corrected chi connectivity index (χ0v) is 15.8. The average Bonchev–Trinajstić information content (AvgIpc) is 3.01. The molecular weight excluding hydrogens is 342 g/mol. The van der Waals surface area contributed by atoms with Crippen LogP contribution in [0.25, 0.3) is 5.69 Å². The first-order valence-corrected chi connectivity index (χ1v) is 9.14. The Labute approximate surface area is 152 Å². The largest absolute Gasteiger partial charge is 0.338 e. The molecule has 1 aromatic heterocycles. The molecule has 0 bridgehead atoms. The van der Waals surface area contributed by atoms with E-state index in [1.807, 2.05) is 49.7 Å². The van der Waals surface area contributed by atoms with Gasteiger partial charge in [-0.15, -0.1) is 0 Å². The molecule has 0 fully saturated rings. The lowest BCUT2D eigenvalue weighted by molar-refractivity contribution is -0.127. The van der Waals surface area contributed by atoms with Crippen LogP contribution in [-0.4, -0.2) is 39.2 Å². The zero-order valence-electron chi connectivity index (χ0n) is 14.3. The van der Waals surface area contributed by atoms with Crippen molar-refractivity contribution in [1.29, 1.82) is 0 Å². The molecule has 0 aliphatic carbocycles. The van der Waals surface area contributed by atoms with E-state index in [1.165, 1.54) is 11.8 Å². The van der Waals surface area contributed by atoms with Gasteiger partial charge in [0.2, 0.25) is 5.91 Å². The fraction of sp³-hybridized carbons (Fsp3) is 0.333. The van der Waals surface area contributed by atoms with Crippen LogP contribution in [0.3, 0.4) is 0 Å². The highest BCUT2D eigenvalue weighted by atomic mass is 35.5. The van der Waals surface area contributed by atoms with E-state index in [0.717, 1.165) is 22.0 Å². The van der Waals surface area contributed by atoms with Crippen molar-refractivity contribution in [3.05, 3.63) is 53.3 Å². The monoisotopic (exact) mass is 363 g/mol. The van der Waals surface area contributed by atoms with E-state index in [9.17, 15) is 4.79 Å². The Bertz CT molecular complexity index is 742. The molecule has 1 amide bonds. The van der Waals surface area contributed by atoms with Crippen molar-refractivity contribution in [1.82, 2.24) is 14.5 Å². The molecule has 6 heteroatoms. The number of aromatic nitrogens is 2. The third-order valence-corrected chi connectivity index (χ3v) is 4.99. The number of amides is 1. The van der Waals surface area contributed by atoms with E-state index in [0.29, 0.717) is 23.9 Å². The van der Waals surface area contributed by atoms with Gasteiger partial charge in [0.1, 0.15) is 0 Å². The van der Waals surface area contributed by atoms with Crippen molar-refractivity contribution in [3.63, 3.8) is 0 Å². The highest BCUT2D eigenvalue weighted by Gasteiger charge is 2.15. The van der Waals surface area contributed by atoms with Crippen LogP contribution in [-0.2, 0) is 4.79 Å². The molecule has 0 aliphatic heterocycles. The van der Waals surface area contributed by atoms with Crippen molar-refractivity contribution >= 4 is 29.3 Å². The summed E-state index contributed by atoms with van der Waals surface area (Å²) in [6, 6.07) is 5.77. The first-order valence-electron chi connectivity index (χ1n) is 7.77. The number of carbonyl (C=O) groups is 1. The number of imidazole rings is 1. The molecule has 0 aliphatic rings. The molecule has 0 N–H and O–H groups in total. The number of nitrogens with zero attached hydrogens (tertiary/aromatic N) is 3. The molecule has 1 heterocycles. The van der Waals surface area contributed by atoms with Crippen LogP contribution in [0.1, 0.15) is 19.4 Å². The molecule has 0 spiro atoms. The Morgan fingerprint density at radius 2 is 2.21 bits per heavy atom. The maximum Gasteiger partial charge on any atom is 0.233 e. The predicted molar refractivity (Wildman–Crippen MR) is 101 cm³/mol. The highest BCUT2D eigenvalue weighted by Crippen LogP contribution is 2.26. The number of hydrogen-bond acceptors (Lipinski definition) is 3. The average molecular weight is 364 g/mol. The molecule has 0 radical (unpaired) electrons. The van der Waals surface area contributed by atoms with Crippen molar-refractivity contribution in [3.8, 4) is 5.69 Å². The first-order chi connectivity index (χ1) is 11.4. The lowest BCUT2D eigenvalue weighted by Gasteiger charge is -2.20. The standard InChI is InChI=1S/C18H22ClN3OS/c1-5-21(11-13(2)3)17(23)12-24-18-20-9-10-22(18)16-8-6-7-15(19)14(16)4/h6-10H,2,5,11-12H2,1,3-4H3. The Kier molecular flexibility index (Phi) is 6.52. The topological polar surface area (TPSA) is 38.1 Å². The summed E-state index contributed by atoms with van der Waals surface area (Å²) in [6.07, 6.45) is 3.62. The van der Waals surface area contributed by atoms with E-state index < -0.39 is 0 Å². The molecule has 0 saturated carbocycles. The van der Waals surface area contributed by atoms with Crippen LogP contribution in [0.15, 0.2) is 47.9 Å². The Hall–Kier alpha value is -1.72. The van der Waals surface area contributed by atoms with Crippen LogP contribution < -0.4 is 0 Å². The molecule has 128 valence electrons. The minimum absolute atomic E-state index is 0.0860. The van der Waals surface area contributed by atoms with Gasteiger partial charge in [-0.3, -0.25) is 9.36 Å². The number of hydrogen-bond donors (Lipinski definition) is 0. The number of carbonyl (C=O) groups excluding carboxylic acids is 1. The Morgan fingerprint density at radius 1 is 1.46 bits per heavy atom. The Balaban J connectivity index is 2.13. The number of halogens is 1. The lowest BCUT2D eigenvalue weighted by Crippen LogP contribution is -2.33. The smallest absolute Gasteiger partial charge is 0.233 e. The SMILES string of the molecule is C=C(C)CN(CC)C(=O)CSc1nccn1-c1cccc(Cl)c1C. The van der Waals surface area contributed by atoms with Gasteiger partial charge in [0, 0.05) is 30.5 Å². The lowest BCUT2D eigenvalue weighted by atomic mass is 10.2. The zero-order chi connectivity index (χ0) is 17.7. The van der Waals surface area contributed by atoms with E-state index in [4.69, 9.17) is 11.6 Å². The van der Waals surface area contributed by atoms with E-state index in [1.54, 1.807) is 11.1 Å². The molecule has 0 unspecified atom stereocenters. The van der Waals surface area contributed by atoms with Crippen molar-refractivity contribution in [2.24, 2.45) is 0 Å². The van der Waals surface area contributed by atoms with Gasteiger partial charge in [-0.05, 0) is 38.5 Å². The predicted octanol–water partition coefficient (Wildman–Crippen LogP) is 4.35. The maximum atomic E-state index is 12.4. The second-order valence-corrected chi connectivity index (χ2v) is 6.97. The summed E-state index contributed by atoms with van der Waals surface area (Å²) in [7, 11) is 0. The summed E-state index contributed by atoms with van der Waals surface area (Å²) in [5.74, 6) is 0.431. The molecule has 24 heavy (non-hydrogen) atoms. The van der Waals surface area contributed by atoms with Crippen molar-refractivity contribution < 1.29 is 4.79 Å². The van der Waals surface area contributed by atoms with Gasteiger partial charge in [0.05, 0.1) is 11.4 Å². The summed E-state index contributed by atoms with van der Waals surface area (Å²) in [5.41, 5.74) is 2.94. The fourth-order valence-corrected chi connectivity index (χ4v) is 3.40. The summed E-state index contributed by atoms with van der Waals surface area (Å²) in [4.78, 5) is 18.6. The fourth-order valence-electron chi connectivity index (χ4n) is 2.36. The molecule has 2 rings (SSSR count). The summed E-state index contributed by atoms with van der Waals surface area (Å²) in [6.45, 7) is 11.0. The molecule has 1 aromatic carbocycles. The quantitative estimate of drug-likeness (QED) is 0.542. The summed E-state index contributed by atoms with van der Waals surface area (Å²) < 4.78 is 1.97. The second kappa shape index (κ2) is 8.40. The number of benzene rings is 1. The molecule has 0 atom stereocenters. The van der Waals surface area contributed by atoms with Gasteiger partial charge in [-0.25, -0.2) is 4.98 Å². The van der Waals surface area contributed by atoms with Gasteiger partial charge < -0.3 is 4.90 Å². The van der Waals surface area contributed by atoms with Crippen molar-refractivity contribution in [2.75, 3.05) is 18.8 Å². The van der Waals surface area contributed by atoms with Crippen LogP contribution in [0.2, 0.25) is 5.02 Å². The van der Waals surface area contributed by atoms with E-state index in [-0.39, 0.29) is 5.91 Å². The van der Waals surface area contributed by atoms with Crippen LogP contribution in [0.4, 0.5) is 0 Å². The van der Waals surface area contributed by atoms with Crippen molar-refractivity contribution in [2.45, 2.75) is 25.9 Å². The second-order valence-electron chi connectivity index (χ2n) is 5.62. The number of thioether (sulfide) groups is 1. The first kappa shape index (κ1) is 18.6. The number of likely N-dealkylation sites (N-methyl/N-ethyl adjacent to an activating group) is 1. The third kappa shape index (κ3) is 4.42. The van der Waals surface area contributed by atoms with Crippen LogP contribution in [0, 0.1) is 6.92 Å². The van der Waals surface area contributed by atoms with Gasteiger partial charge in [0.25, 0.3) is 0 Å². The minimum atomic E-state index is 0.0860. The number of rotatable bonds is 7. The highest BCUT2D eigenvalue weighted by molar-refractivity contribution is 7.99. The minimum Gasteiger partial charge on any atom is -0.338 e. The summed E-state index contributed by atoms with van der Waals surface area (Å²) in [5, 5.41) is 1.49. The van der Waals surface area contributed by atoms with Gasteiger partial charge in [-0.1, -0.05) is 41.6 Å². The molecular formula is C18H22ClN3OS. The molecule has 4 nitrogen and oxygen atoms in total. The van der Waals surface area contributed by atoms with E-state index >= 15 is 0 Å². The van der Waals surface area contributed by atoms with Gasteiger partial charge in [-0.2, -0.15) is 0 Å². The van der Waals surface area contributed by atoms with Crippen LogP contribution in [0.5, 0.6) is 0 Å². The normalized spacial score (nSPS) is 10.7.